The summed E-state index contributed by atoms with van der Waals surface area (Å²) in [6.45, 7) is -0.270. The molecule has 174 valence electrons. The minimum Gasteiger partial charge on any atom is -0.270 e. The van der Waals surface area contributed by atoms with Gasteiger partial charge in [-0.05, 0) is 78.1 Å². The van der Waals surface area contributed by atoms with Gasteiger partial charge in [0.05, 0.1) is 23.1 Å². The fraction of sp³-hybridized carbons (Fsp3) is 0.130. The number of imide groups is 2. The Hall–Kier alpha value is -3.28. The lowest BCUT2D eigenvalue weighted by atomic mass is 10.2. The molecule has 11 heteroatoms. The van der Waals surface area contributed by atoms with Crippen LogP contribution in [-0.2, 0) is 9.59 Å². The number of benzene rings is 2. The fourth-order valence-corrected chi connectivity index (χ4v) is 4.86. The molecule has 4 rings (SSSR count). The van der Waals surface area contributed by atoms with Gasteiger partial charge >= 0.3 is 0 Å². The first-order valence-electron chi connectivity index (χ1n) is 9.91. The molecule has 0 unspecified atom stereocenters. The van der Waals surface area contributed by atoms with E-state index >= 15 is 0 Å². The molecule has 2 saturated heterocycles. The van der Waals surface area contributed by atoms with Crippen molar-refractivity contribution < 1.29 is 28.0 Å². The van der Waals surface area contributed by atoms with Crippen LogP contribution in [0.1, 0.15) is 11.1 Å². The SMILES string of the molecule is CN(CN1C(=O)S/C(=C\c2ccc(F)cc2)C1=O)CN1C(=O)S/C(=C\c2ccc(F)cc2)C1=O. The minimum absolute atomic E-state index is 0.135. The van der Waals surface area contributed by atoms with Crippen molar-refractivity contribution in [2.24, 2.45) is 0 Å². The number of carbonyl (C=O) groups is 4. The highest BCUT2D eigenvalue weighted by atomic mass is 32.2. The summed E-state index contributed by atoms with van der Waals surface area (Å²) in [5.41, 5.74) is 1.15. The molecule has 0 spiro atoms. The van der Waals surface area contributed by atoms with Gasteiger partial charge in [0.2, 0.25) is 0 Å². The van der Waals surface area contributed by atoms with Crippen LogP contribution in [0, 0.1) is 11.6 Å². The molecule has 0 saturated carbocycles. The van der Waals surface area contributed by atoms with E-state index in [0.29, 0.717) is 11.1 Å². The predicted molar refractivity (Wildman–Crippen MR) is 126 cm³/mol. The minimum atomic E-state index is -0.517. The Morgan fingerprint density at radius 2 is 1.06 bits per heavy atom. The number of rotatable bonds is 6. The lowest BCUT2D eigenvalue weighted by Gasteiger charge is -2.25. The maximum atomic E-state index is 13.1. The van der Waals surface area contributed by atoms with Crippen molar-refractivity contribution in [2.45, 2.75) is 0 Å². The molecule has 2 heterocycles. The molecule has 34 heavy (non-hydrogen) atoms. The standard InChI is InChI=1S/C23H17F2N3O4S2/c1-26(12-27-20(29)18(33-22(27)31)10-14-2-6-16(24)7-3-14)13-28-21(30)19(34-23(28)32)11-15-4-8-17(25)9-5-15/h2-11H,12-13H2,1H3/b18-10-,19-11-. The van der Waals surface area contributed by atoms with Gasteiger partial charge in [-0.1, -0.05) is 24.3 Å². The van der Waals surface area contributed by atoms with Gasteiger partial charge in [-0.3, -0.25) is 33.9 Å². The molecule has 2 fully saturated rings. The topological polar surface area (TPSA) is 78.0 Å². The number of carbonyl (C=O) groups excluding carboxylic acids is 4. The first kappa shape index (κ1) is 23.9. The Bertz CT molecular complexity index is 1130. The first-order chi connectivity index (χ1) is 16.2. The van der Waals surface area contributed by atoms with Crippen LogP contribution in [0.15, 0.2) is 58.3 Å². The van der Waals surface area contributed by atoms with Gasteiger partial charge in [0.1, 0.15) is 11.6 Å². The average Bonchev–Trinajstić information content (AvgIpc) is 3.21. The summed E-state index contributed by atoms with van der Waals surface area (Å²) in [5.74, 6) is -1.86. The van der Waals surface area contributed by atoms with Gasteiger partial charge in [0, 0.05) is 0 Å². The fourth-order valence-electron chi connectivity index (χ4n) is 3.19. The Labute approximate surface area is 202 Å². The normalized spacial score (nSPS) is 18.9. The molecule has 2 aliphatic rings. The second kappa shape index (κ2) is 9.92. The van der Waals surface area contributed by atoms with E-state index in [9.17, 15) is 28.0 Å². The second-order valence-corrected chi connectivity index (χ2v) is 9.45. The molecule has 2 aromatic rings. The smallest absolute Gasteiger partial charge is 0.270 e. The summed E-state index contributed by atoms with van der Waals surface area (Å²) in [6, 6.07) is 11.0. The number of amides is 4. The molecular weight excluding hydrogens is 484 g/mol. The highest BCUT2D eigenvalue weighted by molar-refractivity contribution is 8.18. The van der Waals surface area contributed by atoms with Crippen LogP contribution in [0.2, 0.25) is 0 Å². The van der Waals surface area contributed by atoms with E-state index in [0.717, 1.165) is 33.3 Å². The van der Waals surface area contributed by atoms with Crippen molar-refractivity contribution in [3.63, 3.8) is 0 Å². The molecule has 2 aliphatic heterocycles. The van der Waals surface area contributed by atoms with Crippen molar-refractivity contribution in [2.75, 3.05) is 20.4 Å². The maximum Gasteiger partial charge on any atom is 0.294 e. The Morgan fingerprint density at radius 1 is 0.706 bits per heavy atom. The quantitative estimate of drug-likeness (QED) is 0.536. The van der Waals surface area contributed by atoms with Crippen molar-refractivity contribution in [1.29, 1.82) is 0 Å². The Kier molecular flexibility index (Phi) is 6.96. The lowest BCUT2D eigenvalue weighted by molar-refractivity contribution is -0.125. The molecule has 2 aromatic carbocycles. The molecular formula is C23H17F2N3O4S2. The van der Waals surface area contributed by atoms with Gasteiger partial charge in [0.15, 0.2) is 0 Å². The van der Waals surface area contributed by atoms with E-state index in [4.69, 9.17) is 0 Å². The number of halogens is 2. The third kappa shape index (κ3) is 5.27. The lowest BCUT2D eigenvalue weighted by Crippen LogP contribution is -2.45. The number of nitrogens with zero attached hydrogens (tertiary/aromatic N) is 3. The maximum absolute atomic E-state index is 13.1. The molecule has 0 radical (unpaired) electrons. The second-order valence-electron chi connectivity index (χ2n) is 7.46. The monoisotopic (exact) mass is 501 g/mol. The average molecular weight is 502 g/mol. The summed E-state index contributed by atoms with van der Waals surface area (Å²) in [7, 11) is 1.57. The Balaban J connectivity index is 1.40. The van der Waals surface area contributed by atoms with Gasteiger partial charge in [0.25, 0.3) is 22.3 Å². The molecule has 0 aliphatic carbocycles. The molecule has 0 N–H and O–H groups in total. The van der Waals surface area contributed by atoms with Crippen molar-refractivity contribution >= 4 is 58.0 Å². The number of hydrogen-bond acceptors (Lipinski definition) is 7. The highest BCUT2D eigenvalue weighted by Gasteiger charge is 2.38. The van der Waals surface area contributed by atoms with Gasteiger partial charge < -0.3 is 0 Å². The predicted octanol–water partition coefficient (Wildman–Crippen LogP) is 4.58. The number of thioether (sulfide) groups is 2. The van der Waals surface area contributed by atoms with Crippen LogP contribution in [0.3, 0.4) is 0 Å². The first-order valence-corrected chi connectivity index (χ1v) is 11.5. The van der Waals surface area contributed by atoms with Crippen LogP contribution in [0.4, 0.5) is 18.4 Å². The van der Waals surface area contributed by atoms with Crippen LogP contribution in [0.5, 0.6) is 0 Å². The molecule has 0 atom stereocenters. The molecule has 0 aromatic heterocycles. The third-order valence-corrected chi connectivity index (χ3v) is 6.66. The zero-order valence-electron chi connectivity index (χ0n) is 17.7. The zero-order chi connectivity index (χ0) is 24.4. The summed E-state index contributed by atoms with van der Waals surface area (Å²) < 4.78 is 26.2. The van der Waals surface area contributed by atoms with Crippen LogP contribution < -0.4 is 0 Å². The van der Waals surface area contributed by atoms with Gasteiger partial charge in [-0.15, -0.1) is 0 Å². The Morgan fingerprint density at radius 3 is 1.41 bits per heavy atom. The molecule has 7 nitrogen and oxygen atoms in total. The van der Waals surface area contributed by atoms with Gasteiger partial charge in [-0.2, -0.15) is 0 Å². The van der Waals surface area contributed by atoms with Crippen LogP contribution >= 0.6 is 23.5 Å². The van der Waals surface area contributed by atoms with Crippen molar-refractivity contribution in [3.05, 3.63) is 81.1 Å². The highest BCUT2D eigenvalue weighted by Crippen LogP contribution is 2.34. The van der Waals surface area contributed by atoms with E-state index in [1.165, 1.54) is 65.6 Å². The molecule has 0 bridgehead atoms. The van der Waals surface area contributed by atoms with E-state index in [-0.39, 0.29) is 23.1 Å². The summed E-state index contributed by atoms with van der Waals surface area (Å²) in [6.07, 6.45) is 3.00. The summed E-state index contributed by atoms with van der Waals surface area (Å²) >= 11 is 1.52. The van der Waals surface area contributed by atoms with Crippen LogP contribution in [0.25, 0.3) is 12.2 Å². The summed E-state index contributed by atoms with van der Waals surface area (Å²) in [5, 5.41) is -0.980. The van der Waals surface area contributed by atoms with Crippen molar-refractivity contribution in [3.8, 4) is 0 Å². The van der Waals surface area contributed by atoms with E-state index in [1.807, 2.05) is 0 Å². The zero-order valence-corrected chi connectivity index (χ0v) is 19.4. The summed E-state index contributed by atoms with van der Waals surface area (Å²) in [4.78, 5) is 54.0. The third-order valence-electron chi connectivity index (χ3n) is 4.85. The molecule has 4 amide bonds. The van der Waals surface area contributed by atoms with Crippen molar-refractivity contribution in [1.82, 2.24) is 14.7 Å². The van der Waals surface area contributed by atoms with E-state index in [2.05, 4.69) is 0 Å². The van der Waals surface area contributed by atoms with Crippen LogP contribution in [-0.4, -0.2) is 57.4 Å². The van der Waals surface area contributed by atoms with E-state index in [1.54, 1.807) is 7.05 Å². The number of hydrogen-bond donors (Lipinski definition) is 0. The van der Waals surface area contributed by atoms with Gasteiger partial charge in [-0.25, -0.2) is 8.78 Å². The largest absolute Gasteiger partial charge is 0.294 e. The van der Waals surface area contributed by atoms with E-state index < -0.39 is 33.9 Å².